The van der Waals surface area contributed by atoms with Crippen molar-refractivity contribution >= 4 is 35.1 Å². The standard InChI is InChI=1S/C24H23Cl2NO4/c1-4-30-24(29)20(13-16-5-9-18(25)10-6-16)27-23(28)22-15(3)31-14(2)21(22)17-7-11-19(26)12-8-17/h5-12,20H,4,13H2,1-3H3,(H,27,28). The van der Waals surface area contributed by atoms with Gasteiger partial charge in [-0.05, 0) is 56.2 Å². The Balaban J connectivity index is 1.92. The van der Waals surface area contributed by atoms with E-state index in [9.17, 15) is 9.59 Å². The maximum atomic E-state index is 13.3. The Kier molecular flexibility index (Phi) is 7.42. The van der Waals surface area contributed by atoms with Crippen molar-refractivity contribution in [2.24, 2.45) is 0 Å². The van der Waals surface area contributed by atoms with Crippen LogP contribution in [0.2, 0.25) is 10.0 Å². The summed E-state index contributed by atoms with van der Waals surface area (Å²) in [6.07, 6.45) is 0.272. The van der Waals surface area contributed by atoms with Gasteiger partial charge in [-0.3, -0.25) is 4.79 Å². The SMILES string of the molecule is CCOC(=O)C(Cc1ccc(Cl)cc1)NC(=O)c1c(C)oc(C)c1-c1ccc(Cl)cc1. The van der Waals surface area contributed by atoms with Crippen LogP contribution in [-0.2, 0) is 16.0 Å². The minimum Gasteiger partial charge on any atom is -0.465 e. The summed E-state index contributed by atoms with van der Waals surface area (Å²) in [5.41, 5.74) is 2.70. The van der Waals surface area contributed by atoms with Gasteiger partial charge in [0, 0.05) is 22.0 Å². The minimum atomic E-state index is -0.860. The lowest BCUT2D eigenvalue weighted by atomic mass is 9.99. The monoisotopic (exact) mass is 459 g/mol. The molecule has 0 saturated heterocycles. The van der Waals surface area contributed by atoms with Gasteiger partial charge in [0.25, 0.3) is 5.91 Å². The van der Waals surface area contributed by atoms with Gasteiger partial charge in [-0.2, -0.15) is 0 Å². The summed E-state index contributed by atoms with van der Waals surface area (Å²) in [4.78, 5) is 25.8. The van der Waals surface area contributed by atoms with Crippen molar-refractivity contribution < 1.29 is 18.7 Å². The molecule has 5 nitrogen and oxygen atoms in total. The van der Waals surface area contributed by atoms with E-state index < -0.39 is 17.9 Å². The van der Waals surface area contributed by atoms with E-state index in [2.05, 4.69) is 5.32 Å². The number of esters is 1. The van der Waals surface area contributed by atoms with Gasteiger partial charge in [0.1, 0.15) is 17.6 Å². The van der Waals surface area contributed by atoms with Crippen LogP contribution in [0.25, 0.3) is 11.1 Å². The highest BCUT2D eigenvalue weighted by molar-refractivity contribution is 6.30. The lowest BCUT2D eigenvalue weighted by Crippen LogP contribution is -2.43. The number of halogens is 2. The third-order valence-corrected chi connectivity index (χ3v) is 5.35. The Bertz CT molecular complexity index is 1070. The van der Waals surface area contributed by atoms with Crippen LogP contribution >= 0.6 is 23.2 Å². The first-order chi connectivity index (χ1) is 14.8. The molecule has 0 saturated carbocycles. The quantitative estimate of drug-likeness (QED) is 0.455. The number of rotatable bonds is 7. The van der Waals surface area contributed by atoms with Crippen molar-refractivity contribution in [1.82, 2.24) is 5.32 Å². The fourth-order valence-electron chi connectivity index (χ4n) is 3.44. The first-order valence-electron chi connectivity index (χ1n) is 9.88. The van der Waals surface area contributed by atoms with Crippen LogP contribution in [0.4, 0.5) is 0 Å². The molecule has 0 radical (unpaired) electrons. The molecular formula is C24H23Cl2NO4. The number of hydrogen-bond acceptors (Lipinski definition) is 4. The van der Waals surface area contributed by atoms with Crippen molar-refractivity contribution in [3.8, 4) is 11.1 Å². The van der Waals surface area contributed by atoms with E-state index in [1.807, 2.05) is 24.3 Å². The highest BCUT2D eigenvalue weighted by Gasteiger charge is 2.28. The highest BCUT2D eigenvalue weighted by atomic mass is 35.5. The number of furan rings is 1. The topological polar surface area (TPSA) is 68.5 Å². The predicted molar refractivity (Wildman–Crippen MR) is 122 cm³/mol. The lowest BCUT2D eigenvalue weighted by molar-refractivity contribution is -0.145. The first kappa shape index (κ1) is 22.9. The number of ether oxygens (including phenoxy) is 1. The number of aryl methyl sites for hydroxylation is 2. The molecule has 0 spiro atoms. The number of nitrogens with one attached hydrogen (secondary N) is 1. The number of benzene rings is 2. The Morgan fingerprint density at radius 2 is 1.55 bits per heavy atom. The smallest absolute Gasteiger partial charge is 0.328 e. The molecule has 1 aromatic heterocycles. The average molecular weight is 460 g/mol. The first-order valence-corrected chi connectivity index (χ1v) is 10.6. The van der Waals surface area contributed by atoms with Crippen LogP contribution in [0.3, 0.4) is 0 Å². The molecule has 1 amide bonds. The molecule has 0 aliphatic heterocycles. The summed E-state index contributed by atoms with van der Waals surface area (Å²) in [5.74, 6) is 0.160. The number of hydrogen-bond donors (Lipinski definition) is 1. The van der Waals surface area contributed by atoms with Crippen molar-refractivity contribution in [3.63, 3.8) is 0 Å². The predicted octanol–water partition coefficient (Wildman–Crippen LogP) is 5.77. The number of carbonyl (C=O) groups is 2. The van der Waals surface area contributed by atoms with Gasteiger partial charge in [-0.25, -0.2) is 4.79 Å². The van der Waals surface area contributed by atoms with Gasteiger partial charge in [0.15, 0.2) is 0 Å². The maximum absolute atomic E-state index is 13.3. The minimum absolute atomic E-state index is 0.214. The van der Waals surface area contributed by atoms with E-state index in [4.69, 9.17) is 32.4 Å². The molecule has 2 aromatic carbocycles. The molecule has 7 heteroatoms. The zero-order valence-electron chi connectivity index (χ0n) is 17.5. The second kappa shape index (κ2) is 10.0. The molecule has 1 heterocycles. The van der Waals surface area contributed by atoms with Crippen molar-refractivity contribution in [2.45, 2.75) is 33.2 Å². The van der Waals surface area contributed by atoms with Crippen LogP contribution in [0.1, 0.15) is 34.4 Å². The molecular weight excluding hydrogens is 437 g/mol. The van der Waals surface area contributed by atoms with Crippen molar-refractivity contribution in [3.05, 3.63) is 81.2 Å². The summed E-state index contributed by atoms with van der Waals surface area (Å²) < 4.78 is 10.9. The molecule has 0 fully saturated rings. The van der Waals surface area contributed by atoms with Crippen LogP contribution in [0, 0.1) is 13.8 Å². The van der Waals surface area contributed by atoms with Crippen molar-refractivity contribution in [1.29, 1.82) is 0 Å². The summed E-state index contributed by atoms with van der Waals surface area (Å²) in [6, 6.07) is 13.4. The van der Waals surface area contributed by atoms with Crippen LogP contribution in [-0.4, -0.2) is 24.5 Å². The summed E-state index contributed by atoms with van der Waals surface area (Å²) in [5, 5.41) is 4.01. The van der Waals surface area contributed by atoms with E-state index >= 15 is 0 Å². The summed E-state index contributed by atoms with van der Waals surface area (Å²) in [7, 11) is 0. The molecule has 3 aromatic rings. The molecule has 3 rings (SSSR count). The Morgan fingerprint density at radius 3 is 2.13 bits per heavy atom. The van der Waals surface area contributed by atoms with E-state index in [-0.39, 0.29) is 13.0 Å². The maximum Gasteiger partial charge on any atom is 0.328 e. The van der Waals surface area contributed by atoms with E-state index in [1.165, 1.54) is 0 Å². The van der Waals surface area contributed by atoms with Crippen LogP contribution < -0.4 is 5.32 Å². The largest absolute Gasteiger partial charge is 0.465 e. The fourth-order valence-corrected chi connectivity index (χ4v) is 3.70. The van der Waals surface area contributed by atoms with Crippen molar-refractivity contribution in [2.75, 3.05) is 6.61 Å². The normalized spacial score (nSPS) is 11.8. The Hall–Kier alpha value is -2.76. The zero-order chi connectivity index (χ0) is 22.5. The van der Waals surface area contributed by atoms with Gasteiger partial charge in [-0.1, -0.05) is 47.5 Å². The summed E-state index contributed by atoms with van der Waals surface area (Å²) in [6.45, 7) is 5.46. The molecule has 0 aliphatic rings. The van der Waals surface area contributed by atoms with Gasteiger partial charge in [-0.15, -0.1) is 0 Å². The number of carbonyl (C=O) groups excluding carboxylic acids is 2. The van der Waals surface area contributed by atoms with Gasteiger partial charge in [0.2, 0.25) is 0 Å². The molecule has 1 unspecified atom stereocenters. The number of amides is 1. The average Bonchev–Trinajstić information content (AvgIpc) is 3.03. The Morgan fingerprint density at radius 1 is 0.968 bits per heavy atom. The second-order valence-electron chi connectivity index (χ2n) is 7.08. The molecule has 162 valence electrons. The van der Waals surface area contributed by atoms with Gasteiger partial charge < -0.3 is 14.5 Å². The van der Waals surface area contributed by atoms with E-state index in [1.54, 1.807) is 45.0 Å². The van der Waals surface area contributed by atoms with E-state index in [0.29, 0.717) is 32.7 Å². The fraction of sp³-hybridized carbons (Fsp3) is 0.250. The second-order valence-corrected chi connectivity index (χ2v) is 7.95. The molecule has 31 heavy (non-hydrogen) atoms. The summed E-state index contributed by atoms with van der Waals surface area (Å²) >= 11 is 12.0. The molecule has 0 aliphatic carbocycles. The molecule has 1 N–H and O–H groups in total. The van der Waals surface area contributed by atoms with Gasteiger partial charge in [0.05, 0.1) is 12.2 Å². The molecule has 0 bridgehead atoms. The Labute approximate surface area is 191 Å². The highest BCUT2D eigenvalue weighted by Crippen LogP contribution is 2.33. The molecule has 1 atom stereocenters. The van der Waals surface area contributed by atoms with Crippen LogP contribution in [0.15, 0.2) is 52.9 Å². The van der Waals surface area contributed by atoms with Crippen LogP contribution in [0.5, 0.6) is 0 Å². The van der Waals surface area contributed by atoms with E-state index in [0.717, 1.165) is 11.1 Å². The lowest BCUT2D eigenvalue weighted by Gasteiger charge is -2.18. The van der Waals surface area contributed by atoms with Gasteiger partial charge >= 0.3 is 5.97 Å². The zero-order valence-corrected chi connectivity index (χ0v) is 19.0. The third kappa shape index (κ3) is 5.49. The third-order valence-electron chi connectivity index (χ3n) is 4.85.